The molecule has 0 heteroatoms. The first-order valence-electron chi connectivity index (χ1n) is 12.1. The zero-order valence-corrected chi connectivity index (χ0v) is 22.7. The maximum Gasteiger partial charge on any atom is -0.0126 e. The Morgan fingerprint density at radius 3 is 1.58 bits per heavy atom. The van der Waals surface area contributed by atoms with Crippen LogP contribution in [0.1, 0.15) is 129 Å². The smallest absolute Gasteiger partial charge is 0.0126 e. The van der Waals surface area contributed by atoms with Crippen LogP contribution in [-0.2, 0) is 28.1 Å². The van der Waals surface area contributed by atoms with Gasteiger partial charge in [0.25, 0.3) is 0 Å². The van der Waals surface area contributed by atoms with Gasteiger partial charge in [0.2, 0.25) is 0 Å². The van der Waals surface area contributed by atoms with E-state index in [0.717, 1.165) is 6.42 Å². The predicted octanol–water partition coefficient (Wildman–Crippen LogP) is 9.22. The van der Waals surface area contributed by atoms with E-state index in [-0.39, 0.29) is 21.7 Å². The Bertz CT molecular complexity index is 899. The summed E-state index contributed by atoms with van der Waals surface area (Å²) in [7, 11) is 0. The van der Waals surface area contributed by atoms with Gasteiger partial charge >= 0.3 is 0 Å². The highest BCUT2D eigenvalue weighted by Gasteiger charge is 2.32. The van der Waals surface area contributed by atoms with Gasteiger partial charge in [-0.1, -0.05) is 126 Å². The zero-order valence-electron chi connectivity index (χ0n) is 22.7. The molecular weight excluding hydrogens is 372 g/mol. The molecule has 0 fully saturated rings. The third-order valence-electron chi connectivity index (χ3n) is 6.48. The Labute approximate surface area is 193 Å². The fourth-order valence-electron chi connectivity index (χ4n) is 4.78. The van der Waals surface area contributed by atoms with Crippen molar-refractivity contribution in [2.75, 3.05) is 0 Å². The Morgan fingerprint density at radius 2 is 1.13 bits per heavy atom. The molecule has 0 nitrogen and oxygen atoms in total. The molecule has 0 heterocycles. The van der Waals surface area contributed by atoms with Gasteiger partial charge in [-0.25, -0.2) is 0 Å². The molecule has 0 amide bonds. The van der Waals surface area contributed by atoms with Crippen LogP contribution >= 0.6 is 0 Å². The Morgan fingerprint density at radius 1 is 0.613 bits per heavy atom. The van der Waals surface area contributed by atoms with Gasteiger partial charge in [0, 0.05) is 0 Å². The molecule has 0 aliphatic carbocycles. The standard InChI is InChI=1S/C31H48/c1-21(18-22-16-14-15-17-25(22)29(5,6)7)24-19-23(28(2,3)4)20-26(30(8,9)10)27(24)31(11,12)13/h14-17,19-21H,18H2,1-13H3. The van der Waals surface area contributed by atoms with Gasteiger partial charge in [0.05, 0.1) is 0 Å². The highest BCUT2D eigenvalue weighted by molar-refractivity contribution is 5.50. The molecule has 0 aromatic heterocycles. The van der Waals surface area contributed by atoms with Crippen LogP contribution in [0, 0.1) is 0 Å². The van der Waals surface area contributed by atoms with Crippen molar-refractivity contribution in [1.82, 2.24) is 0 Å². The van der Waals surface area contributed by atoms with Crippen molar-refractivity contribution >= 4 is 0 Å². The number of hydrogen-bond acceptors (Lipinski definition) is 0. The third kappa shape index (κ3) is 6.03. The van der Waals surface area contributed by atoms with Crippen LogP contribution in [-0.4, -0.2) is 0 Å². The summed E-state index contributed by atoms with van der Waals surface area (Å²) in [5.41, 5.74) is 9.52. The first-order valence-corrected chi connectivity index (χ1v) is 12.1. The van der Waals surface area contributed by atoms with E-state index in [4.69, 9.17) is 0 Å². The van der Waals surface area contributed by atoms with Crippen molar-refractivity contribution < 1.29 is 0 Å². The van der Waals surface area contributed by atoms with Crippen LogP contribution in [0.3, 0.4) is 0 Å². The average molecular weight is 421 g/mol. The lowest BCUT2D eigenvalue weighted by Gasteiger charge is -2.37. The second-order valence-electron chi connectivity index (χ2n) is 13.8. The molecule has 2 aromatic rings. The first kappa shape index (κ1) is 25.7. The lowest BCUT2D eigenvalue weighted by Crippen LogP contribution is -2.27. The van der Waals surface area contributed by atoms with Gasteiger partial charge in [0.15, 0.2) is 0 Å². The van der Waals surface area contributed by atoms with E-state index >= 15 is 0 Å². The highest BCUT2D eigenvalue weighted by Crippen LogP contribution is 2.43. The highest BCUT2D eigenvalue weighted by atomic mass is 14.4. The van der Waals surface area contributed by atoms with Crippen LogP contribution in [0.15, 0.2) is 36.4 Å². The average Bonchev–Trinajstić information content (AvgIpc) is 2.57. The molecule has 0 aliphatic rings. The molecule has 1 atom stereocenters. The molecule has 0 N–H and O–H groups in total. The van der Waals surface area contributed by atoms with E-state index < -0.39 is 0 Å². The van der Waals surface area contributed by atoms with Crippen molar-refractivity contribution in [1.29, 1.82) is 0 Å². The van der Waals surface area contributed by atoms with Gasteiger partial charge < -0.3 is 0 Å². The van der Waals surface area contributed by atoms with Crippen LogP contribution in [0.2, 0.25) is 0 Å². The van der Waals surface area contributed by atoms with Gasteiger partial charge in [-0.2, -0.15) is 0 Å². The fourth-order valence-corrected chi connectivity index (χ4v) is 4.78. The molecule has 0 aliphatic heterocycles. The minimum Gasteiger partial charge on any atom is -0.0620 e. The second-order valence-corrected chi connectivity index (χ2v) is 13.8. The minimum atomic E-state index is 0.103. The third-order valence-corrected chi connectivity index (χ3v) is 6.48. The molecule has 31 heavy (non-hydrogen) atoms. The summed E-state index contributed by atoms with van der Waals surface area (Å²) in [4.78, 5) is 0. The topological polar surface area (TPSA) is 0 Å². The number of benzene rings is 2. The van der Waals surface area contributed by atoms with Gasteiger partial charge in [-0.15, -0.1) is 0 Å². The Balaban J connectivity index is 2.75. The summed E-state index contributed by atoms with van der Waals surface area (Å²) in [6.45, 7) is 30.7. The van der Waals surface area contributed by atoms with E-state index in [1.807, 2.05) is 0 Å². The molecule has 0 spiro atoms. The van der Waals surface area contributed by atoms with Crippen molar-refractivity contribution in [3.63, 3.8) is 0 Å². The molecule has 2 rings (SSSR count). The first-order chi connectivity index (χ1) is 13.8. The lowest BCUT2D eigenvalue weighted by molar-refractivity contribution is 0.510. The van der Waals surface area contributed by atoms with Crippen LogP contribution in [0.5, 0.6) is 0 Å². The summed E-state index contributed by atoms with van der Waals surface area (Å²) in [5, 5.41) is 0. The van der Waals surface area contributed by atoms with Crippen LogP contribution < -0.4 is 0 Å². The molecule has 0 radical (unpaired) electrons. The van der Waals surface area contributed by atoms with E-state index in [0.29, 0.717) is 5.92 Å². The molecule has 0 bridgehead atoms. The summed E-state index contributed by atoms with van der Waals surface area (Å²) in [5.74, 6) is 0.459. The monoisotopic (exact) mass is 420 g/mol. The summed E-state index contributed by atoms with van der Waals surface area (Å²) >= 11 is 0. The van der Waals surface area contributed by atoms with Crippen LogP contribution in [0.25, 0.3) is 0 Å². The molecular formula is C31H48. The van der Waals surface area contributed by atoms with E-state index in [1.54, 1.807) is 5.56 Å². The summed E-state index contributed by atoms with van der Waals surface area (Å²) < 4.78 is 0. The Hall–Kier alpha value is -1.56. The van der Waals surface area contributed by atoms with E-state index in [2.05, 4.69) is 126 Å². The molecule has 1 unspecified atom stereocenters. The molecule has 0 saturated carbocycles. The largest absolute Gasteiger partial charge is 0.0620 e. The summed E-state index contributed by atoms with van der Waals surface area (Å²) in [6.07, 6.45) is 1.08. The maximum absolute atomic E-state index is 2.53. The molecule has 0 saturated heterocycles. The molecule has 2 aromatic carbocycles. The van der Waals surface area contributed by atoms with Gasteiger partial charge in [-0.3, -0.25) is 0 Å². The normalized spacial score (nSPS) is 14.6. The van der Waals surface area contributed by atoms with Crippen molar-refractivity contribution in [2.24, 2.45) is 0 Å². The predicted molar refractivity (Wildman–Crippen MR) is 140 cm³/mol. The van der Waals surface area contributed by atoms with E-state index in [1.165, 1.54) is 27.8 Å². The number of rotatable bonds is 3. The van der Waals surface area contributed by atoms with E-state index in [9.17, 15) is 0 Å². The fraction of sp³-hybridized carbons (Fsp3) is 0.613. The van der Waals surface area contributed by atoms with Crippen molar-refractivity contribution in [2.45, 2.75) is 124 Å². The van der Waals surface area contributed by atoms with Crippen molar-refractivity contribution in [3.05, 3.63) is 69.8 Å². The lowest BCUT2D eigenvalue weighted by atomic mass is 9.68. The maximum atomic E-state index is 2.53. The van der Waals surface area contributed by atoms with Crippen LogP contribution in [0.4, 0.5) is 0 Å². The second kappa shape index (κ2) is 8.42. The van der Waals surface area contributed by atoms with Crippen molar-refractivity contribution in [3.8, 4) is 0 Å². The minimum absolute atomic E-state index is 0.103. The molecule has 172 valence electrons. The Kier molecular flexibility index (Phi) is 6.98. The zero-order chi connectivity index (χ0) is 24.0. The SMILES string of the molecule is CC(Cc1ccccc1C(C)(C)C)c1cc(C(C)(C)C)cc(C(C)(C)C)c1C(C)(C)C. The van der Waals surface area contributed by atoms with Gasteiger partial charge in [0.1, 0.15) is 0 Å². The summed E-state index contributed by atoms with van der Waals surface area (Å²) in [6, 6.07) is 14.1. The quantitative estimate of drug-likeness (QED) is 0.464. The number of hydrogen-bond donors (Lipinski definition) is 0. The van der Waals surface area contributed by atoms with Gasteiger partial charge in [-0.05, 0) is 67.4 Å².